The Morgan fingerprint density at radius 2 is 1.79 bits per heavy atom. The highest BCUT2D eigenvalue weighted by Crippen LogP contribution is 2.32. The first-order valence-electron chi connectivity index (χ1n) is 10.1. The Hall–Kier alpha value is -4.06. The minimum atomic E-state index is -1.88. The summed E-state index contributed by atoms with van der Waals surface area (Å²) in [5.74, 6) is -3.34. The monoisotopic (exact) mass is 474 g/mol. The Labute approximate surface area is 190 Å². The number of nitrogens with one attached hydrogen (secondary N) is 2. The number of H-pyrrole nitrogens is 1. The molecule has 0 aliphatic rings. The van der Waals surface area contributed by atoms with Gasteiger partial charge in [-0.05, 0) is 36.4 Å². The van der Waals surface area contributed by atoms with Crippen LogP contribution in [-0.2, 0) is 6.54 Å². The number of halogens is 4. The van der Waals surface area contributed by atoms with Crippen LogP contribution in [0.3, 0.4) is 0 Å². The second-order valence-electron chi connectivity index (χ2n) is 7.29. The number of carbonyl (C=O) groups is 1. The Morgan fingerprint density at radius 3 is 2.47 bits per heavy atom. The highest BCUT2D eigenvalue weighted by atomic mass is 19.1. The topological polar surface area (TPSA) is 109 Å². The normalized spacial score (nSPS) is 13.0. The highest BCUT2D eigenvalue weighted by Gasteiger charge is 2.28. The molecule has 0 unspecified atom stereocenters. The van der Waals surface area contributed by atoms with Gasteiger partial charge in [0.2, 0.25) is 0 Å². The molecule has 0 spiro atoms. The number of amides is 1. The standard InChI is InChI=1S/C22H18F4N6O2/c23-13-6-4-12(5-7-13)20-19(26)21(31-30-20)18-14(2-1-3-15(18)24)22(34)29-17(16(25)11-33)10-32-27-8-9-28-32/h1-9,16-17,33H,10-11H2,(H,29,34)(H,30,31)/t16-,17-/m1/s1. The van der Waals surface area contributed by atoms with E-state index < -0.39 is 53.4 Å². The number of hydrogen-bond acceptors (Lipinski definition) is 5. The average Bonchev–Trinajstić information content (AvgIpc) is 3.48. The third kappa shape index (κ3) is 4.66. The molecule has 0 aliphatic carbocycles. The fraction of sp³-hybridized carbons (Fsp3) is 0.182. The summed E-state index contributed by atoms with van der Waals surface area (Å²) < 4.78 is 57.6. The molecule has 0 saturated heterocycles. The molecular weight excluding hydrogens is 456 g/mol. The van der Waals surface area contributed by atoms with Gasteiger partial charge in [0, 0.05) is 5.56 Å². The van der Waals surface area contributed by atoms with Crippen molar-refractivity contribution in [2.45, 2.75) is 18.8 Å². The van der Waals surface area contributed by atoms with Gasteiger partial charge in [0.25, 0.3) is 5.91 Å². The van der Waals surface area contributed by atoms with Crippen LogP contribution < -0.4 is 5.32 Å². The number of benzene rings is 2. The summed E-state index contributed by atoms with van der Waals surface area (Å²) in [5, 5.41) is 25.6. The number of alkyl halides is 1. The van der Waals surface area contributed by atoms with E-state index in [1.165, 1.54) is 36.7 Å². The maximum absolute atomic E-state index is 15.2. The van der Waals surface area contributed by atoms with Crippen LogP contribution in [-0.4, -0.2) is 55.0 Å². The Balaban J connectivity index is 1.68. The first kappa shape index (κ1) is 23.1. The maximum Gasteiger partial charge on any atom is 0.252 e. The van der Waals surface area contributed by atoms with Gasteiger partial charge in [-0.1, -0.05) is 6.07 Å². The van der Waals surface area contributed by atoms with Crippen LogP contribution in [0, 0.1) is 17.5 Å². The third-order valence-electron chi connectivity index (χ3n) is 5.09. The van der Waals surface area contributed by atoms with Crippen molar-refractivity contribution < 1.29 is 27.5 Å². The lowest BCUT2D eigenvalue weighted by Crippen LogP contribution is -2.46. The Bertz CT molecular complexity index is 1280. The zero-order valence-electron chi connectivity index (χ0n) is 17.4. The Morgan fingerprint density at radius 1 is 1.09 bits per heavy atom. The molecule has 0 radical (unpaired) electrons. The fourth-order valence-corrected chi connectivity index (χ4v) is 3.39. The smallest absolute Gasteiger partial charge is 0.252 e. The van der Waals surface area contributed by atoms with Gasteiger partial charge in [0.15, 0.2) is 5.82 Å². The molecule has 4 aromatic rings. The third-order valence-corrected chi connectivity index (χ3v) is 5.09. The van der Waals surface area contributed by atoms with Crippen LogP contribution in [0.15, 0.2) is 54.9 Å². The van der Waals surface area contributed by atoms with Gasteiger partial charge >= 0.3 is 0 Å². The van der Waals surface area contributed by atoms with E-state index in [4.69, 9.17) is 0 Å². The molecule has 8 nitrogen and oxygen atoms in total. The predicted octanol–water partition coefficient (Wildman–Crippen LogP) is 2.88. The van der Waals surface area contributed by atoms with E-state index in [1.807, 2.05) is 0 Å². The number of carbonyl (C=O) groups excluding carboxylic acids is 1. The molecule has 34 heavy (non-hydrogen) atoms. The molecule has 4 rings (SSSR count). The number of hydrogen-bond donors (Lipinski definition) is 3. The van der Waals surface area contributed by atoms with Gasteiger partial charge in [-0.2, -0.15) is 20.1 Å². The predicted molar refractivity (Wildman–Crippen MR) is 113 cm³/mol. The molecular formula is C22H18F4N6O2. The number of rotatable bonds is 8. The second-order valence-corrected chi connectivity index (χ2v) is 7.29. The van der Waals surface area contributed by atoms with E-state index in [1.54, 1.807) is 0 Å². The van der Waals surface area contributed by atoms with Gasteiger partial charge in [-0.25, -0.2) is 17.6 Å². The van der Waals surface area contributed by atoms with E-state index in [-0.39, 0.29) is 23.4 Å². The van der Waals surface area contributed by atoms with Crippen molar-refractivity contribution >= 4 is 5.91 Å². The zero-order valence-corrected chi connectivity index (χ0v) is 17.4. The van der Waals surface area contributed by atoms with Crippen molar-refractivity contribution in [3.05, 3.63) is 77.9 Å². The van der Waals surface area contributed by atoms with Gasteiger partial charge in [0.05, 0.1) is 42.7 Å². The summed E-state index contributed by atoms with van der Waals surface area (Å²) in [5.41, 5.74) is -1.10. The van der Waals surface area contributed by atoms with E-state index in [0.717, 1.165) is 23.0 Å². The number of aromatic amines is 1. The van der Waals surface area contributed by atoms with Crippen molar-refractivity contribution in [3.63, 3.8) is 0 Å². The van der Waals surface area contributed by atoms with Crippen molar-refractivity contribution in [3.8, 4) is 22.5 Å². The zero-order chi connectivity index (χ0) is 24.2. The fourth-order valence-electron chi connectivity index (χ4n) is 3.39. The minimum Gasteiger partial charge on any atom is -0.393 e. The lowest BCUT2D eigenvalue weighted by molar-refractivity contribution is 0.0845. The lowest BCUT2D eigenvalue weighted by atomic mass is 10.0. The summed E-state index contributed by atoms with van der Waals surface area (Å²) in [4.78, 5) is 14.1. The van der Waals surface area contributed by atoms with Crippen molar-refractivity contribution in [2.24, 2.45) is 0 Å². The first-order valence-corrected chi connectivity index (χ1v) is 10.1. The SMILES string of the molecule is O=C(N[C@H](Cn1nccn1)[C@H](F)CO)c1cccc(F)c1-c1n[nH]c(-c2ccc(F)cc2)c1F. The molecule has 2 aromatic heterocycles. The molecule has 3 N–H and O–H groups in total. The lowest BCUT2D eigenvalue weighted by Gasteiger charge is -2.21. The molecule has 2 aromatic carbocycles. The van der Waals surface area contributed by atoms with Crippen molar-refractivity contribution in [1.29, 1.82) is 0 Å². The van der Waals surface area contributed by atoms with Crippen molar-refractivity contribution in [1.82, 2.24) is 30.5 Å². The molecule has 2 heterocycles. The van der Waals surface area contributed by atoms with E-state index in [0.29, 0.717) is 0 Å². The molecule has 12 heteroatoms. The van der Waals surface area contributed by atoms with Gasteiger partial charge in [-0.3, -0.25) is 9.89 Å². The summed E-state index contributed by atoms with van der Waals surface area (Å²) in [6.45, 7) is -1.10. The molecule has 176 valence electrons. The number of nitrogens with zero attached hydrogens (tertiary/aromatic N) is 4. The summed E-state index contributed by atoms with van der Waals surface area (Å²) in [6, 6.07) is 7.11. The second kappa shape index (κ2) is 9.83. The quantitative estimate of drug-likeness (QED) is 0.341. The van der Waals surface area contributed by atoms with Gasteiger partial charge in [-0.15, -0.1) is 0 Å². The summed E-state index contributed by atoms with van der Waals surface area (Å²) in [6.07, 6.45) is 0.836. The first-order chi connectivity index (χ1) is 16.4. The van der Waals surface area contributed by atoms with Gasteiger partial charge in [0.1, 0.15) is 29.2 Å². The molecule has 0 saturated carbocycles. The van der Waals surface area contributed by atoms with Crippen molar-refractivity contribution in [2.75, 3.05) is 6.61 Å². The number of aliphatic hydroxyl groups is 1. The molecule has 0 fully saturated rings. The highest BCUT2D eigenvalue weighted by molar-refractivity contribution is 6.01. The Kier molecular flexibility index (Phi) is 6.68. The minimum absolute atomic E-state index is 0.128. The molecule has 2 atom stereocenters. The average molecular weight is 474 g/mol. The van der Waals surface area contributed by atoms with Crippen LogP contribution in [0.5, 0.6) is 0 Å². The largest absolute Gasteiger partial charge is 0.393 e. The van der Waals surface area contributed by atoms with Crippen LogP contribution in [0.25, 0.3) is 22.5 Å². The maximum atomic E-state index is 15.2. The van der Waals surface area contributed by atoms with Gasteiger partial charge < -0.3 is 10.4 Å². The van der Waals surface area contributed by atoms with E-state index >= 15 is 4.39 Å². The molecule has 0 bridgehead atoms. The van der Waals surface area contributed by atoms with E-state index in [2.05, 4.69) is 25.7 Å². The summed E-state index contributed by atoms with van der Waals surface area (Å²) in [7, 11) is 0. The van der Waals surface area contributed by atoms with Crippen LogP contribution in [0.4, 0.5) is 17.6 Å². The molecule has 1 amide bonds. The molecule has 0 aliphatic heterocycles. The number of aliphatic hydroxyl groups excluding tert-OH is 1. The van der Waals surface area contributed by atoms with Crippen LogP contribution in [0.1, 0.15) is 10.4 Å². The van der Waals surface area contributed by atoms with E-state index in [9.17, 15) is 23.1 Å². The summed E-state index contributed by atoms with van der Waals surface area (Å²) >= 11 is 0. The van der Waals surface area contributed by atoms with Crippen LogP contribution in [0.2, 0.25) is 0 Å². The van der Waals surface area contributed by atoms with Crippen LogP contribution >= 0.6 is 0 Å². The number of aromatic nitrogens is 5.